The molecule has 0 spiro atoms. The Morgan fingerprint density at radius 1 is 0.800 bits per heavy atom. The fourth-order valence-corrected chi connectivity index (χ4v) is 12.3. The molecule has 17 nitrogen and oxygen atoms in total. The summed E-state index contributed by atoms with van der Waals surface area (Å²) in [6.07, 6.45) is -13.7. The van der Waals surface area contributed by atoms with Gasteiger partial charge in [-0.3, -0.25) is 24.1 Å². The van der Waals surface area contributed by atoms with E-state index in [2.05, 4.69) is 0 Å². The van der Waals surface area contributed by atoms with Crippen LogP contribution >= 0.6 is 69.6 Å². The van der Waals surface area contributed by atoms with E-state index in [1.807, 2.05) is 0 Å². The van der Waals surface area contributed by atoms with Gasteiger partial charge in [0.2, 0.25) is 7.59 Å². The highest BCUT2D eigenvalue weighted by Gasteiger charge is 2.79. The molecule has 0 aromatic heterocycles. The summed E-state index contributed by atoms with van der Waals surface area (Å²) in [5, 5.41) is 14.2. The van der Waals surface area contributed by atoms with E-state index in [9.17, 15) is 29.1 Å². The zero-order chi connectivity index (χ0) is 55.8. The number of aliphatic hydroxyl groups is 1. The van der Waals surface area contributed by atoms with E-state index < -0.39 is 157 Å². The van der Waals surface area contributed by atoms with E-state index in [1.54, 1.807) is 83.1 Å². The highest BCUT2D eigenvalue weighted by Crippen LogP contribution is 2.65. The molecule has 2 bridgehead atoms. The Morgan fingerprint density at radius 2 is 1.36 bits per heavy atom. The summed E-state index contributed by atoms with van der Waals surface area (Å²) in [6, 6.07) is 15.0. The number of halogens is 6. The standard InChI is InChI=1S/C52H59Cl6NO16/c1-26-30(69-43(65)38-36(28-17-13-11-14-18-28)59(47(8,9)74-38)44(66)75-45(3,4)5)22-50(67)41(72-42(64)29-19-15-12-16-20-29)39-48(10,40(63)37(35(26)46(50,6)7)71-34(62)24-52(56,57)58)31(70-33(61)23-51(53,54)55)21-32-49(39,25-68-32)73-27(2)60/h11-20,30-32,36-39,41,67H,21-25H2,1-10H3/t30-,31-,32+,36-,37+,38+,39-,41-,48+,49-,50+/m0/s1. The minimum Gasteiger partial charge on any atom is -0.461 e. The normalized spacial score (nSPS) is 32.0. The Labute approximate surface area is 464 Å². The number of alkyl halides is 6. The van der Waals surface area contributed by atoms with Crippen molar-refractivity contribution in [2.75, 3.05) is 6.61 Å². The molecule has 2 aliphatic heterocycles. The highest BCUT2D eigenvalue weighted by molar-refractivity contribution is 6.68. The molecular formula is C52H59Cl6NO16. The smallest absolute Gasteiger partial charge is 0.413 e. The van der Waals surface area contributed by atoms with E-state index >= 15 is 9.59 Å². The Hall–Kier alpha value is -3.91. The van der Waals surface area contributed by atoms with Gasteiger partial charge in [0.25, 0.3) is 0 Å². The van der Waals surface area contributed by atoms with Gasteiger partial charge >= 0.3 is 35.9 Å². The first-order chi connectivity index (χ1) is 34.5. The van der Waals surface area contributed by atoms with Gasteiger partial charge in [-0.05, 0) is 77.3 Å². The summed E-state index contributed by atoms with van der Waals surface area (Å²) in [6.45, 7) is 14.7. The molecule has 2 heterocycles. The van der Waals surface area contributed by atoms with Crippen LogP contribution < -0.4 is 0 Å². The number of carbonyl (C=O) groups excluding carboxylic acids is 7. The van der Waals surface area contributed by atoms with Crippen molar-refractivity contribution in [1.82, 2.24) is 4.90 Å². The van der Waals surface area contributed by atoms with Crippen molar-refractivity contribution in [1.29, 1.82) is 0 Å². The highest BCUT2D eigenvalue weighted by atomic mass is 35.6. The lowest BCUT2D eigenvalue weighted by Gasteiger charge is -2.67. The Balaban J connectivity index is 1.48. The fraction of sp³-hybridized carbons (Fsp3) is 0.596. The molecular weight excluding hydrogens is 1110 g/mol. The maximum atomic E-state index is 16.4. The van der Waals surface area contributed by atoms with Crippen LogP contribution in [0.5, 0.6) is 0 Å². The van der Waals surface area contributed by atoms with Crippen LogP contribution in [-0.2, 0) is 61.9 Å². The first-order valence-electron chi connectivity index (χ1n) is 24.0. The van der Waals surface area contributed by atoms with E-state index in [0.717, 1.165) is 6.92 Å². The van der Waals surface area contributed by atoms with Crippen LogP contribution in [0.1, 0.15) is 117 Å². The van der Waals surface area contributed by atoms with Gasteiger partial charge in [0.1, 0.15) is 47.4 Å². The van der Waals surface area contributed by atoms with Gasteiger partial charge in [0, 0.05) is 25.2 Å². The van der Waals surface area contributed by atoms with Crippen molar-refractivity contribution in [2.45, 2.75) is 168 Å². The van der Waals surface area contributed by atoms with Crippen LogP contribution in [0.15, 0.2) is 71.8 Å². The molecule has 23 heteroatoms. The van der Waals surface area contributed by atoms with Crippen LogP contribution in [0.4, 0.5) is 4.79 Å². The number of esters is 5. The topological polar surface area (TPSA) is 217 Å². The number of rotatable bonds is 10. The summed E-state index contributed by atoms with van der Waals surface area (Å²) < 4.78 is 45.3. The van der Waals surface area contributed by atoms with Crippen molar-refractivity contribution in [3.05, 3.63) is 82.9 Å². The molecule has 4 fully saturated rings. The van der Waals surface area contributed by atoms with Gasteiger partial charge < -0.3 is 43.0 Å². The number of carbonyl (C=O) groups is 7. The number of ether oxygens (including phenoxy) is 8. The Morgan fingerprint density at radius 3 is 1.88 bits per heavy atom. The zero-order valence-corrected chi connectivity index (χ0v) is 47.2. The van der Waals surface area contributed by atoms with Crippen LogP contribution in [-0.4, -0.2) is 125 Å². The molecule has 2 aromatic carbocycles. The SMILES string of the molecule is CC(=O)O[C@@]12CO[C@@H]1C[C@H](OC(=O)CC(Cl)(Cl)Cl)[C@@]1(C)C(=O)[C@H](OC(=O)CC(Cl)(Cl)Cl)C3=C(C)[C@@H](OC(=O)[C@@H]4OC(C)(C)N(C(=O)OC(C)(C)C)[C@H]4c4ccccc4)C[C@@](O)([C@@H](OC(=O)c4ccccc4)[C@H]21)C3(C)C. The second-order valence-corrected chi connectivity index (χ2v) is 26.8. The number of Topliss-reactive ketones (excluding diaryl/α,β-unsaturated/α-hetero) is 1. The summed E-state index contributed by atoms with van der Waals surface area (Å²) in [5.41, 5.74) is -10.8. The molecule has 2 saturated heterocycles. The lowest BCUT2D eigenvalue weighted by molar-refractivity contribution is -0.346. The number of hydrogen-bond donors (Lipinski definition) is 1. The number of amides is 1. The quantitative estimate of drug-likeness (QED) is 0.101. The largest absolute Gasteiger partial charge is 0.461 e. The van der Waals surface area contributed by atoms with Crippen molar-refractivity contribution in [3.8, 4) is 0 Å². The average Bonchev–Trinajstić information content (AvgIpc) is 3.56. The molecule has 0 radical (unpaired) electrons. The molecule has 1 N–H and O–H groups in total. The first kappa shape index (κ1) is 58.8. The predicted octanol–water partition coefficient (Wildman–Crippen LogP) is 9.37. The molecule has 410 valence electrons. The van der Waals surface area contributed by atoms with Crippen LogP contribution in [0.25, 0.3) is 0 Å². The molecule has 2 saturated carbocycles. The van der Waals surface area contributed by atoms with Crippen molar-refractivity contribution >= 4 is 111 Å². The van der Waals surface area contributed by atoms with Gasteiger partial charge in [0.15, 0.2) is 23.6 Å². The second-order valence-electron chi connectivity index (χ2n) is 21.8. The molecule has 7 rings (SSSR count). The zero-order valence-electron chi connectivity index (χ0n) is 42.7. The van der Waals surface area contributed by atoms with Gasteiger partial charge in [-0.25, -0.2) is 14.4 Å². The molecule has 75 heavy (non-hydrogen) atoms. The van der Waals surface area contributed by atoms with Crippen LogP contribution in [0.3, 0.4) is 0 Å². The lowest BCUT2D eigenvalue weighted by Crippen LogP contribution is -2.82. The Kier molecular flexibility index (Phi) is 16.2. The lowest BCUT2D eigenvalue weighted by atomic mass is 9.44. The second kappa shape index (κ2) is 20.7. The van der Waals surface area contributed by atoms with Crippen molar-refractivity contribution in [3.63, 3.8) is 0 Å². The number of benzene rings is 2. The maximum absolute atomic E-state index is 16.4. The van der Waals surface area contributed by atoms with Crippen LogP contribution in [0.2, 0.25) is 0 Å². The molecule has 1 amide bonds. The molecule has 0 unspecified atom stereocenters. The van der Waals surface area contributed by atoms with Gasteiger partial charge in [0.05, 0.1) is 36.3 Å². The monoisotopic (exact) mass is 1160 g/mol. The van der Waals surface area contributed by atoms with Crippen molar-refractivity contribution in [2.24, 2.45) is 16.7 Å². The molecule has 2 aromatic rings. The summed E-state index contributed by atoms with van der Waals surface area (Å²) >= 11 is 36.5. The van der Waals surface area contributed by atoms with Gasteiger partial charge in [-0.2, -0.15) is 0 Å². The summed E-state index contributed by atoms with van der Waals surface area (Å²) in [5.74, 6) is -8.10. The maximum Gasteiger partial charge on any atom is 0.413 e. The van der Waals surface area contributed by atoms with E-state index in [4.69, 9.17) is 108 Å². The first-order valence-corrected chi connectivity index (χ1v) is 26.3. The third kappa shape index (κ3) is 11.4. The minimum atomic E-state index is -2.57. The van der Waals surface area contributed by atoms with E-state index in [-0.39, 0.29) is 23.1 Å². The third-order valence-electron chi connectivity index (χ3n) is 14.9. The predicted molar refractivity (Wildman–Crippen MR) is 273 cm³/mol. The van der Waals surface area contributed by atoms with Crippen LogP contribution in [0, 0.1) is 16.7 Å². The van der Waals surface area contributed by atoms with Gasteiger partial charge in [-0.15, -0.1) is 0 Å². The summed E-state index contributed by atoms with van der Waals surface area (Å²) in [7, 11) is 0. The molecule has 11 atom stereocenters. The summed E-state index contributed by atoms with van der Waals surface area (Å²) in [4.78, 5) is 103. The average molecular weight is 1170 g/mol. The number of nitrogens with zero attached hydrogens (tertiary/aromatic N) is 1. The van der Waals surface area contributed by atoms with Crippen molar-refractivity contribution < 1.29 is 76.6 Å². The number of hydrogen-bond acceptors (Lipinski definition) is 16. The number of fused-ring (bicyclic) bond motifs is 5. The van der Waals surface area contributed by atoms with E-state index in [1.165, 1.54) is 44.7 Å². The third-order valence-corrected chi connectivity index (χ3v) is 15.7. The Bertz CT molecular complexity index is 2630. The number of ketones is 1. The molecule has 3 aliphatic carbocycles. The van der Waals surface area contributed by atoms with E-state index in [0.29, 0.717) is 5.56 Å². The fourth-order valence-electron chi connectivity index (χ4n) is 11.6. The minimum absolute atomic E-state index is 0.00913. The molecule has 5 aliphatic rings. The van der Waals surface area contributed by atoms with Gasteiger partial charge in [-0.1, -0.05) is 132 Å².